The number of hydrogen-bond donors (Lipinski definition) is 1. The number of hydrogen-bond acceptors (Lipinski definition) is 3. The Morgan fingerprint density at radius 1 is 1.41 bits per heavy atom. The van der Waals surface area contributed by atoms with Crippen LogP contribution in [0.3, 0.4) is 0 Å². The second kappa shape index (κ2) is 4.08. The predicted molar refractivity (Wildman–Crippen MR) is 67.9 cm³/mol. The van der Waals surface area contributed by atoms with E-state index in [2.05, 4.69) is 10.1 Å². The topological polar surface area (TPSA) is 68.0 Å². The lowest BCUT2D eigenvalue weighted by Crippen LogP contribution is -2.10. The highest BCUT2D eigenvalue weighted by atomic mass is 19.4. The van der Waals surface area contributed by atoms with Crippen LogP contribution in [0.15, 0.2) is 18.3 Å². The zero-order valence-corrected chi connectivity index (χ0v) is 11.1. The number of alkyl halides is 3. The summed E-state index contributed by atoms with van der Waals surface area (Å²) < 4.78 is 39.7. The van der Waals surface area contributed by atoms with E-state index in [-0.39, 0.29) is 17.4 Å². The van der Waals surface area contributed by atoms with Crippen LogP contribution >= 0.6 is 0 Å². The van der Waals surface area contributed by atoms with Crippen LogP contribution in [0.4, 0.5) is 13.2 Å². The molecular weight excluding hydrogens is 299 g/mol. The fourth-order valence-corrected chi connectivity index (χ4v) is 3.17. The highest BCUT2D eigenvalue weighted by Gasteiger charge is 2.50. The van der Waals surface area contributed by atoms with E-state index in [0.717, 1.165) is 24.8 Å². The van der Waals surface area contributed by atoms with Crippen LogP contribution in [-0.2, 0) is 12.6 Å². The van der Waals surface area contributed by atoms with Gasteiger partial charge in [0.15, 0.2) is 11.5 Å². The fourth-order valence-electron chi connectivity index (χ4n) is 3.17. The molecule has 2 aliphatic rings. The summed E-state index contributed by atoms with van der Waals surface area (Å²) >= 11 is 0. The lowest BCUT2D eigenvalue weighted by molar-refractivity contribution is -0.137. The first kappa shape index (κ1) is 13.3. The molecule has 4 rings (SSSR count). The summed E-state index contributed by atoms with van der Waals surface area (Å²) in [5.74, 6) is -0.579. The Hall–Kier alpha value is -2.38. The maximum atomic E-state index is 12.8. The predicted octanol–water partition coefficient (Wildman–Crippen LogP) is 2.64. The van der Waals surface area contributed by atoms with Gasteiger partial charge in [-0.3, -0.25) is 0 Å². The minimum absolute atomic E-state index is 0.00567. The minimum atomic E-state index is -4.48. The summed E-state index contributed by atoms with van der Waals surface area (Å²) in [6.45, 7) is 0. The number of rotatable bonds is 2. The summed E-state index contributed by atoms with van der Waals surface area (Å²) in [5, 5.41) is 13.2. The molecule has 1 N–H and O–H groups in total. The van der Waals surface area contributed by atoms with Crippen LogP contribution in [0, 0.1) is 5.92 Å². The normalized spacial score (nSPS) is 22.3. The summed E-state index contributed by atoms with van der Waals surface area (Å²) in [4.78, 5) is 15.2. The first-order valence-corrected chi connectivity index (χ1v) is 6.75. The summed E-state index contributed by atoms with van der Waals surface area (Å²) in [5.41, 5.74) is 0.424. The number of pyridine rings is 1. The molecule has 0 aromatic carbocycles. The molecule has 2 atom stereocenters. The van der Waals surface area contributed by atoms with Gasteiger partial charge >= 0.3 is 12.1 Å². The first-order chi connectivity index (χ1) is 10.4. The van der Waals surface area contributed by atoms with Crippen LogP contribution in [0.2, 0.25) is 0 Å². The maximum absolute atomic E-state index is 12.8. The van der Waals surface area contributed by atoms with Crippen molar-refractivity contribution >= 4 is 5.97 Å². The molecular formula is C14H10F3N3O2. The minimum Gasteiger partial charge on any atom is -0.476 e. The van der Waals surface area contributed by atoms with Crippen LogP contribution in [0.25, 0.3) is 5.82 Å². The average Bonchev–Trinajstić information content (AvgIpc) is 2.94. The molecule has 0 aliphatic heterocycles. The van der Waals surface area contributed by atoms with Crippen molar-refractivity contribution in [3.8, 4) is 5.82 Å². The van der Waals surface area contributed by atoms with Crippen LogP contribution in [0.1, 0.15) is 39.6 Å². The van der Waals surface area contributed by atoms with Gasteiger partial charge in [0.2, 0.25) is 0 Å². The van der Waals surface area contributed by atoms with Gasteiger partial charge in [-0.15, -0.1) is 0 Å². The molecule has 1 fully saturated rings. The number of carboxylic acids is 1. The van der Waals surface area contributed by atoms with Gasteiger partial charge in [0, 0.05) is 17.7 Å². The lowest BCUT2D eigenvalue weighted by Gasteiger charge is -2.09. The second-order valence-electron chi connectivity index (χ2n) is 5.64. The molecule has 5 nitrogen and oxygen atoms in total. The number of nitrogens with zero attached hydrogens (tertiary/aromatic N) is 3. The van der Waals surface area contributed by atoms with Crippen molar-refractivity contribution in [3.63, 3.8) is 0 Å². The van der Waals surface area contributed by atoms with Crippen LogP contribution < -0.4 is 0 Å². The molecule has 114 valence electrons. The van der Waals surface area contributed by atoms with E-state index >= 15 is 0 Å². The van der Waals surface area contributed by atoms with E-state index < -0.39 is 17.7 Å². The van der Waals surface area contributed by atoms with E-state index in [1.165, 1.54) is 4.68 Å². The molecule has 0 radical (unpaired) electrons. The van der Waals surface area contributed by atoms with Gasteiger partial charge in [-0.2, -0.15) is 18.3 Å². The Balaban J connectivity index is 1.87. The van der Waals surface area contributed by atoms with Crippen molar-refractivity contribution in [1.29, 1.82) is 0 Å². The summed E-state index contributed by atoms with van der Waals surface area (Å²) in [6.07, 6.45) is -1.87. The van der Waals surface area contributed by atoms with Crippen LogP contribution in [0.5, 0.6) is 0 Å². The molecule has 2 aromatic rings. The monoisotopic (exact) mass is 309 g/mol. The van der Waals surface area contributed by atoms with Gasteiger partial charge in [0.05, 0.1) is 11.3 Å². The number of fused-ring (bicyclic) bond motifs is 3. The fraction of sp³-hybridized carbons (Fsp3) is 0.357. The largest absolute Gasteiger partial charge is 0.476 e. The Morgan fingerprint density at radius 3 is 2.86 bits per heavy atom. The molecule has 8 heteroatoms. The standard InChI is InChI=1S/C14H10F3N3O2/c15-14(16,17)7-1-2-18-10(5-7)20-12-8-3-6(8)4-9(12)11(19-20)13(21)22/h1-2,5-6,8H,3-4H2,(H,21,22)/t6-,8-/m1/s1. The molecule has 0 bridgehead atoms. The molecule has 2 heterocycles. The number of aromatic nitrogens is 3. The van der Waals surface area contributed by atoms with E-state index in [9.17, 15) is 23.1 Å². The number of aromatic carboxylic acids is 1. The first-order valence-electron chi connectivity index (χ1n) is 6.75. The van der Waals surface area contributed by atoms with Crippen molar-refractivity contribution in [2.45, 2.75) is 24.9 Å². The molecule has 0 unspecified atom stereocenters. The maximum Gasteiger partial charge on any atom is 0.416 e. The smallest absolute Gasteiger partial charge is 0.416 e. The van der Waals surface area contributed by atoms with Gasteiger partial charge < -0.3 is 5.11 Å². The SMILES string of the molecule is O=C(O)c1nn(-c2cc(C(F)(F)F)ccn2)c2c1C[C@H]1C[C@@H]21. The van der Waals surface area contributed by atoms with Gasteiger partial charge in [-0.25, -0.2) is 14.5 Å². The van der Waals surface area contributed by atoms with Crippen LogP contribution in [-0.4, -0.2) is 25.8 Å². The number of carbonyl (C=O) groups is 1. The summed E-state index contributed by atoms with van der Waals surface area (Å²) in [6, 6.07) is 1.78. The quantitative estimate of drug-likeness (QED) is 0.926. The van der Waals surface area contributed by atoms with E-state index in [1.807, 2.05) is 0 Å². The highest BCUT2D eigenvalue weighted by molar-refractivity contribution is 5.88. The van der Waals surface area contributed by atoms with E-state index in [1.54, 1.807) is 0 Å². The van der Waals surface area contributed by atoms with Gasteiger partial charge in [0.1, 0.15) is 0 Å². The average molecular weight is 309 g/mol. The lowest BCUT2D eigenvalue weighted by atomic mass is 10.1. The van der Waals surface area contributed by atoms with Crippen molar-refractivity contribution in [1.82, 2.24) is 14.8 Å². The van der Waals surface area contributed by atoms with E-state index in [4.69, 9.17) is 0 Å². The van der Waals surface area contributed by atoms with Crippen molar-refractivity contribution in [2.24, 2.45) is 5.92 Å². The zero-order chi connectivity index (χ0) is 15.6. The Labute approximate surface area is 122 Å². The Morgan fingerprint density at radius 2 is 2.18 bits per heavy atom. The third-order valence-corrected chi connectivity index (χ3v) is 4.26. The van der Waals surface area contributed by atoms with Gasteiger partial charge in [0.25, 0.3) is 0 Å². The van der Waals surface area contributed by atoms with Gasteiger partial charge in [-0.05, 0) is 30.9 Å². The molecule has 2 aliphatic carbocycles. The molecule has 0 spiro atoms. The molecule has 1 saturated carbocycles. The van der Waals surface area contributed by atoms with Gasteiger partial charge in [-0.1, -0.05) is 0 Å². The van der Waals surface area contributed by atoms with E-state index in [0.29, 0.717) is 23.6 Å². The molecule has 2 aromatic heterocycles. The Kier molecular flexibility index (Phi) is 2.47. The third-order valence-electron chi connectivity index (χ3n) is 4.26. The highest BCUT2D eigenvalue weighted by Crippen LogP contribution is 2.57. The molecule has 0 saturated heterocycles. The Bertz CT molecular complexity index is 797. The number of halogens is 3. The third kappa shape index (κ3) is 1.83. The summed E-state index contributed by atoms with van der Waals surface area (Å²) in [7, 11) is 0. The molecule has 22 heavy (non-hydrogen) atoms. The molecule has 0 amide bonds. The second-order valence-corrected chi connectivity index (χ2v) is 5.64. The van der Waals surface area contributed by atoms with Crippen molar-refractivity contribution < 1.29 is 23.1 Å². The number of carboxylic acid groups (broad SMARTS) is 1. The zero-order valence-electron chi connectivity index (χ0n) is 11.1. The van der Waals surface area contributed by atoms with Crippen molar-refractivity contribution in [2.75, 3.05) is 0 Å². The van der Waals surface area contributed by atoms with Crippen molar-refractivity contribution in [3.05, 3.63) is 40.8 Å².